The van der Waals surface area contributed by atoms with Crippen molar-refractivity contribution >= 4 is 15.8 Å². The summed E-state index contributed by atoms with van der Waals surface area (Å²) >= 11 is 0. The number of guanidine groups is 1. The molecule has 0 spiro atoms. The maximum atomic E-state index is 12.5. The highest BCUT2D eigenvalue weighted by molar-refractivity contribution is 7.91. The minimum atomic E-state index is -3.31. The van der Waals surface area contributed by atoms with E-state index in [1.54, 1.807) is 24.3 Å². The molecule has 1 rings (SSSR count). The molecule has 0 radical (unpaired) electrons. The molecule has 1 unspecified atom stereocenters. The Kier molecular flexibility index (Phi) is 9.45. The number of benzene rings is 1. The maximum absolute atomic E-state index is 12.5. The molecule has 0 amide bonds. The van der Waals surface area contributed by atoms with Gasteiger partial charge in [0.1, 0.15) is 0 Å². The van der Waals surface area contributed by atoms with Crippen LogP contribution in [0.25, 0.3) is 0 Å². The molecule has 6 heteroatoms. The van der Waals surface area contributed by atoms with Crippen molar-refractivity contribution in [1.82, 2.24) is 10.6 Å². The lowest BCUT2D eigenvalue weighted by Crippen LogP contribution is -2.46. The fourth-order valence-electron chi connectivity index (χ4n) is 2.32. The van der Waals surface area contributed by atoms with E-state index in [4.69, 9.17) is 0 Å². The second-order valence-corrected chi connectivity index (χ2v) is 7.85. The number of unbranched alkanes of at least 4 members (excludes halogenated alkanes) is 2. The summed E-state index contributed by atoms with van der Waals surface area (Å²) in [6.07, 6.45) is 4.08. The third-order valence-electron chi connectivity index (χ3n) is 3.73. The van der Waals surface area contributed by atoms with Crippen LogP contribution >= 0.6 is 0 Å². The number of hydrogen-bond acceptors (Lipinski definition) is 3. The zero-order chi connectivity index (χ0) is 17.8. The molecule has 0 aliphatic heterocycles. The first-order valence-corrected chi connectivity index (χ1v) is 10.5. The Morgan fingerprint density at radius 1 is 1.12 bits per heavy atom. The number of nitrogens with one attached hydrogen (secondary N) is 2. The quantitative estimate of drug-likeness (QED) is 0.385. The number of sulfone groups is 1. The van der Waals surface area contributed by atoms with Gasteiger partial charge in [-0.05, 0) is 31.9 Å². The van der Waals surface area contributed by atoms with Gasteiger partial charge < -0.3 is 10.6 Å². The first kappa shape index (κ1) is 20.5. The summed E-state index contributed by atoms with van der Waals surface area (Å²) in [4.78, 5) is 4.91. The van der Waals surface area contributed by atoms with Crippen molar-refractivity contribution < 1.29 is 8.42 Å². The number of nitrogens with zero attached hydrogens (tertiary/aromatic N) is 1. The largest absolute Gasteiger partial charge is 0.357 e. The van der Waals surface area contributed by atoms with E-state index in [2.05, 4.69) is 22.5 Å². The van der Waals surface area contributed by atoms with E-state index in [9.17, 15) is 8.42 Å². The molecule has 0 aliphatic carbocycles. The molecule has 2 N–H and O–H groups in total. The summed E-state index contributed by atoms with van der Waals surface area (Å²) < 4.78 is 25.1. The van der Waals surface area contributed by atoms with Crippen LogP contribution in [0.15, 0.2) is 40.2 Å². The molecule has 0 aliphatic rings. The maximum Gasteiger partial charge on any atom is 0.191 e. The van der Waals surface area contributed by atoms with Gasteiger partial charge in [-0.3, -0.25) is 4.99 Å². The van der Waals surface area contributed by atoms with Crippen molar-refractivity contribution in [3.05, 3.63) is 30.3 Å². The molecule has 0 fully saturated rings. The summed E-state index contributed by atoms with van der Waals surface area (Å²) in [7, 11) is -3.31. The van der Waals surface area contributed by atoms with Crippen LogP contribution in [0.5, 0.6) is 0 Å². The van der Waals surface area contributed by atoms with E-state index >= 15 is 0 Å². The standard InChI is InChI=1S/C18H31N3O2S/c1-4-7-11-14-20-18(19-6-3)21-16(5-2)15-24(22,23)17-12-9-8-10-13-17/h8-10,12-13,16H,4-7,11,14-15H2,1-3H3,(H2,19,20,21). The summed E-state index contributed by atoms with van der Waals surface area (Å²) in [5.74, 6) is 0.760. The fraction of sp³-hybridized carbons (Fsp3) is 0.611. The smallest absolute Gasteiger partial charge is 0.191 e. The van der Waals surface area contributed by atoms with E-state index < -0.39 is 9.84 Å². The van der Waals surface area contributed by atoms with Crippen LogP contribution in [-0.4, -0.2) is 39.3 Å². The Hall–Kier alpha value is -1.56. The van der Waals surface area contributed by atoms with Crippen molar-refractivity contribution in [1.29, 1.82) is 0 Å². The molecule has 0 heterocycles. The first-order valence-electron chi connectivity index (χ1n) is 8.86. The third kappa shape index (κ3) is 7.34. The van der Waals surface area contributed by atoms with E-state index in [1.165, 1.54) is 0 Å². The van der Waals surface area contributed by atoms with Gasteiger partial charge in [-0.1, -0.05) is 44.9 Å². The minimum Gasteiger partial charge on any atom is -0.357 e. The highest BCUT2D eigenvalue weighted by atomic mass is 32.2. The fourth-order valence-corrected chi connectivity index (χ4v) is 3.93. The van der Waals surface area contributed by atoms with Gasteiger partial charge in [0.25, 0.3) is 0 Å². The van der Waals surface area contributed by atoms with Gasteiger partial charge in [-0.2, -0.15) is 0 Å². The second kappa shape index (κ2) is 11.1. The van der Waals surface area contributed by atoms with Crippen molar-refractivity contribution in [2.75, 3.05) is 18.8 Å². The average Bonchev–Trinajstić information content (AvgIpc) is 2.58. The topological polar surface area (TPSA) is 70.6 Å². The molecule has 1 aromatic rings. The van der Waals surface area contributed by atoms with E-state index in [0.717, 1.165) is 32.4 Å². The summed E-state index contributed by atoms with van der Waals surface area (Å²) in [6.45, 7) is 7.66. The Bertz CT molecular complexity index is 586. The van der Waals surface area contributed by atoms with Crippen LogP contribution in [0.1, 0.15) is 46.5 Å². The summed E-state index contributed by atoms with van der Waals surface area (Å²) in [6, 6.07) is 8.44. The van der Waals surface area contributed by atoms with Gasteiger partial charge in [0.05, 0.1) is 10.6 Å². The van der Waals surface area contributed by atoms with Gasteiger partial charge in [0, 0.05) is 19.1 Å². The van der Waals surface area contributed by atoms with Crippen LogP contribution in [0.2, 0.25) is 0 Å². The first-order chi connectivity index (χ1) is 11.5. The SMILES string of the molecule is CCCCCN=C(NCC)NC(CC)CS(=O)(=O)c1ccccc1. The predicted octanol–water partition coefficient (Wildman–Crippen LogP) is 2.98. The Morgan fingerprint density at radius 2 is 1.83 bits per heavy atom. The third-order valence-corrected chi connectivity index (χ3v) is 5.56. The second-order valence-electron chi connectivity index (χ2n) is 5.81. The molecule has 0 bridgehead atoms. The van der Waals surface area contributed by atoms with Gasteiger partial charge >= 0.3 is 0 Å². The summed E-state index contributed by atoms with van der Waals surface area (Å²) in [5.41, 5.74) is 0. The molecular weight excluding hydrogens is 322 g/mol. The van der Waals surface area contributed by atoms with E-state index in [1.807, 2.05) is 19.9 Å². The molecular formula is C18H31N3O2S. The van der Waals surface area contributed by atoms with Crippen LogP contribution < -0.4 is 10.6 Å². The van der Waals surface area contributed by atoms with Crippen molar-refractivity contribution in [3.8, 4) is 0 Å². The molecule has 0 aromatic heterocycles. The molecule has 1 atom stereocenters. The Balaban J connectivity index is 2.73. The van der Waals surface area contributed by atoms with E-state index in [0.29, 0.717) is 17.3 Å². The van der Waals surface area contributed by atoms with Gasteiger partial charge in [0.2, 0.25) is 0 Å². The monoisotopic (exact) mass is 353 g/mol. The normalized spacial score (nSPS) is 13.5. The minimum absolute atomic E-state index is 0.0624. The predicted molar refractivity (Wildman–Crippen MR) is 101 cm³/mol. The molecule has 0 saturated carbocycles. The highest BCUT2D eigenvalue weighted by Gasteiger charge is 2.20. The number of rotatable bonds is 10. The lowest BCUT2D eigenvalue weighted by molar-refractivity contribution is 0.568. The Morgan fingerprint density at radius 3 is 2.42 bits per heavy atom. The van der Waals surface area contributed by atoms with E-state index in [-0.39, 0.29) is 11.8 Å². The van der Waals surface area contributed by atoms with Crippen molar-refractivity contribution in [3.63, 3.8) is 0 Å². The van der Waals surface area contributed by atoms with Crippen LogP contribution in [0.3, 0.4) is 0 Å². The van der Waals surface area contributed by atoms with Crippen molar-refractivity contribution in [2.24, 2.45) is 4.99 Å². The molecule has 5 nitrogen and oxygen atoms in total. The van der Waals surface area contributed by atoms with Gasteiger partial charge in [0.15, 0.2) is 15.8 Å². The lowest BCUT2D eigenvalue weighted by Gasteiger charge is -2.20. The Labute approximate surface area is 146 Å². The highest BCUT2D eigenvalue weighted by Crippen LogP contribution is 2.12. The van der Waals surface area contributed by atoms with Crippen LogP contribution in [0, 0.1) is 0 Å². The molecule has 24 heavy (non-hydrogen) atoms. The molecule has 136 valence electrons. The van der Waals surface area contributed by atoms with Crippen LogP contribution in [-0.2, 0) is 9.84 Å². The molecule has 1 aromatic carbocycles. The zero-order valence-electron chi connectivity index (χ0n) is 15.1. The summed E-state index contributed by atoms with van der Waals surface area (Å²) in [5, 5.41) is 6.46. The molecule has 0 saturated heterocycles. The number of aliphatic imine (C=N–C) groups is 1. The average molecular weight is 354 g/mol. The zero-order valence-corrected chi connectivity index (χ0v) is 15.9. The lowest BCUT2D eigenvalue weighted by atomic mass is 10.2. The van der Waals surface area contributed by atoms with Gasteiger partial charge in [-0.15, -0.1) is 0 Å². The number of hydrogen-bond donors (Lipinski definition) is 2. The van der Waals surface area contributed by atoms with Gasteiger partial charge in [-0.25, -0.2) is 8.42 Å². The van der Waals surface area contributed by atoms with Crippen LogP contribution in [0.4, 0.5) is 0 Å². The van der Waals surface area contributed by atoms with Crippen molar-refractivity contribution in [2.45, 2.75) is 57.4 Å².